The maximum absolute atomic E-state index is 13.9. The SMILES string of the molecule is CCC(Sc1cccc(NC(=O)c2ccccc2F)c1)C(=O)Nc1cc(Cl)c(OC)cc1OC. The molecular formula is C25H24ClFN2O4S. The Bertz CT molecular complexity index is 1190. The molecule has 0 heterocycles. The Labute approximate surface area is 206 Å². The number of thioether (sulfide) groups is 1. The summed E-state index contributed by atoms with van der Waals surface area (Å²) in [7, 11) is 2.99. The molecule has 0 aliphatic heterocycles. The summed E-state index contributed by atoms with van der Waals surface area (Å²) in [6.07, 6.45) is 0.550. The maximum Gasteiger partial charge on any atom is 0.258 e. The van der Waals surface area contributed by atoms with Gasteiger partial charge in [-0.3, -0.25) is 9.59 Å². The molecule has 1 unspecified atom stereocenters. The zero-order chi connectivity index (χ0) is 24.7. The number of methoxy groups -OCH3 is 2. The standard InChI is InChI=1S/C25H24ClFN2O4S/c1-4-23(25(31)29-20-13-18(26)21(32-2)14-22(20)33-3)34-16-9-7-8-15(12-16)28-24(30)17-10-5-6-11-19(17)27/h5-14,23H,4H2,1-3H3,(H,28,30)(H,29,31). The highest BCUT2D eigenvalue weighted by Gasteiger charge is 2.21. The van der Waals surface area contributed by atoms with E-state index in [4.69, 9.17) is 21.1 Å². The first kappa shape index (κ1) is 25.4. The van der Waals surface area contributed by atoms with Crippen LogP contribution < -0.4 is 20.1 Å². The van der Waals surface area contributed by atoms with E-state index in [0.29, 0.717) is 34.3 Å². The summed E-state index contributed by atoms with van der Waals surface area (Å²) in [5.74, 6) is -0.511. The molecule has 3 aromatic rings. The average molecular weight is 503 g/mol. The van der Waals surface area contributed by atoms with Gasteiger partial charge in [-0.25, -0.2) is 4.39 Å². The number of hydrogen-bond donors (Lipinski definition) is 2. The van der Waals surface area contributed by atoms with Crippen LogP contribution in [-0.2, 0) is 4.79 Å². The lowest BCUT2D eigenvalue weighted by Gasteiger charge is -2.18. The number of anilines is 2. The van der Waals surface area contributed by atoms with Gasteiger partial charge in [0.15, 0.2) is 0 Å². The van der Waals surface area contributed by atoms with Crippen LogP contribution in [0.3, 0.4) is 0 Å². The molecule has 34 heavy (non-hydrogen) atoms. The van der Waals surface area contributed by atoms with Crippen molar-refractivity contribution in [3.63, 3.8) is 0 Å². The molecule has 2 amide bonds. The Kier molecular flexibility index (Phi) is 8.79. The highest BCUT2D eigenvalue weighted by molar-refractivity contribution is 8.00. The number of carbonyl (C=O) groups is 2. The normalized spacial score (nSPS) is 11.4. The molecule has 0 saturated heterocycles. The fourth-order valence-electron chi connectivity index (χ4n) is 3.15. The van der Waals surface area contributed by atoms with Crippen molar-refractivity contribution < 1.29 is 23.5 Å². The van der Waals surface area contributed by atoms with Crippen molar-refractivity contribution in [2.24, 2.45) is 0 Å². The van der Waals surface area contributed by atoms with Gasteiger partial charge in [0.1, 0.15) is 17.3 Å². The van der Waals surface area contributed by atoms with Gasteiger partial charge in [-0.05, 0) is 42.8 Å². The Morgan fingerprint density at radius 1 is 1.00 bits per heavy atom. The molecule has 0 aliphatic carbocycles. The van der Waals surface area contributed by atoms with E-state index in [9.17, 15) is 14.0 Å². The van der Waals surface area contributed by atoms with Crippen LogP contribution in [-0.4, -0.2) is 31.3 Å². The molecular weight excluding hydrogens is 479 g/mol. The first-order valence-corrected chi connectivity index (χ1v) is 11.7. The number of benzene rings is 3. The molecule has 2 N–H and O–H groups in total. The van der Waals surface area contributed by atoms with Gasteiger partial charge >= 0.3 is 0 Å². The predicted molar refractivity (Wildman–Crippen MR) is 134 cm³/mol. The van der Waals surface area contributed by atoms with Crippen LogP contribution >= 0.6 is 23.4 Å². The summed E-state index contributed by atoms with van der Waals surface area (Å²) in [5, 5.41) is 5.48. The molecule has 0 bridgehead atoms. The van der Waals surface area contributed by atoms with Crippen molar-refractivity contribution in [1.29, 1.82) is 0 Å². The Morgan fingerprint density at radius 2 is 1.74 bits per heavy atom. The van der Waals surface area contributed by atoms with Crippen LogP contribution in [0.2, 0.25) is 5.02 Å². The molecule has 3 aromatic carbocycles. The quantitative estimate of drug-likeness (QED) is 0.338. The minimum Gasteiger partial charge on any atom is -0.495 e. The summed E-state index contributed by atoms with van der Waals surface area (Å²) in [5.41, 5.74) is 0.888. The third-order valence-electron chi connectivity index (χ3n) is 4.88. The molecule has 9 heteroatoms. The Balaban J connectivity index is 1.72. The van der Waals surface area contributed by atoms with Crippen LogP contribution in [0.5, 0.6) is 11.5 Å². The van der Waals surface area contributed by atoms with Crippen molar-refractivity contribution >= 4 is 46.6 Å². The fourth-order valence-corrected chi connectivity index (χ4v) is 4.40. The minimum absolute atomic E-state index is 0.0431. The van der Waals surface area contributed by atoms with Crippen LogP contribution in [0.25, 0.3) is 0 Å². The minimum atomic E-state index is -0.595. The van der Waals surface area contributed by atoms with Crippen molar-refractivity contribution in [3.8, 4) is 11.5 Å². The average Bonchev–Trinajstić information content (AvgIpc) is 2.83. The highest BCUT2D eigenvalue weighted by Crippen LogP contribution is 2.37. The smallest absolute Gasteiger partial charge is 0.258 e. The van der Waals surface area contributed by atoms with Crippen molar-refractivity contribution in [2.45, 2.75) is 23.5 Å². The summed E-state index contributed by atoms with van der Waals surface area (Å²) < 4.78 is 24.4. The molecule has 0 saturated carbocycles. The molecule has 0 aromatic heterocycles. The second-order valence-corrected chi connectivity index (χ2v) is 8.84. The first-order valence-electron chi connectivity index (χ1n) is 10.4. The van der Waals surface area contributed by atoms with Crippen LogP contribution in [0.4, 0.5) is 15.8 Å². The number of hydrogen-bond acceptors (Lipinski definition) is 5. The molecule has 0 radical (unpaired) electrons. The number of nitrogens with one attached hydrogen (secondary N) is 2. The molecule has 3 rings (SSSR count). The van der Waals surface area contributed by atoms with Crippen molar-refractivity contribution in [2.75, 3.05) is 24.9 Å². The number of ether oxygens (including phenoxy) is 2. The van der Waals surface area contributed by atoms with Gasteiger partial charge in [0.05, 0.1) is 35.7 Å². The lowest BCUT2D eigenvalue weighted by Crippen LogP contribution is -2.24. The van der Waals surface area contributed by atoms with Gasteiger partial charge in [0.2, 0.25) is 5.91 Å². The molecule has 0 spiro atoms. The summed E-state index contributed by atoms with van der Waals surface area (Å²) in [6, 6.07) is 16.0. The van der Waals surface area contributed by atoms with E-state index in [1.54, 1.807) is 36.4 Å². The maximum atomic E-state index is 13.9. The van der Waals surface area contributed by atoms with Gasteiger partial charge < -0.3 is 20.1 Å². The van der Waals surface area contributed by atoms with Gasteiger partial charge in [0, 0.05) is 16.6 Å². The molecule has 178 valence electrons. The molecule has 0 aliphatic rings. The first-order chi connectivity index (χ1) is 16.4. The number of halogens is 2. The second kappa shape index (κ2) is 11.8. The zero-order valence-electron chi connectivity index (χ0n) is 18.9. The third-order valence-corrected chi connectivity index (χ3v) is 6.54. The van der Waals surface area contributed by atoms with Crippen molar-refractivity contribution in [1.82, 2.24) is 0 Å². The van der Waals surface area contributed by atoms with Gasteiger partial charge in [-0.15, -0.1) is 11.8 Å². The molecule has 6 nitrogen and oxygen atoms in total. The lowest BCUT2D eigenvalue weighted by atomic mass is 10.2. The van der Waals surface area contributed by atoms with Gasteiger partial charge in [-0.1, -0.05) is 36.7 Å². The lowest BCUT2D eigenvalue weighted by molar-refractivity contribution is -0.115. The van der Waals surface area contributed by atoms with Gasteiger partial charge in [-0.2, -0.15) is 0 Å². The summed E-state index contributed by atoms with van der Waals surface area (Å²) in [6.45, 7) is 1.90. The highest BCUT2D eigenvalue weighted by atomic mass is 35.5. The second-order valence-electron chi connectivity index (χ2n) is 7.15. The van der Waals surface area contributed by atoms with Crippen molar-refractivity contribution in [3.05, 3.63) is 77.1 Å². The van der Waals surface area contributed by atoms with E-state index >= 15 is 0 Å². The predicted octanol–water partition coefficient (Wildman–Crippen LogP) is 6.26. The molecule has 0 fully saturated rings. The fraction of sp³-hybridized carbons (Fsp3) is 0.200. The van der Waals surface area contributed by atoms with Crippen LogP contribution in [0.1, 0.15) is 23.7 Å². The molecule has 1 atom stereocenters. The number of rotatable bonds is 9. The summed E-state index contributed by atoms with van der Waals surface area (Å²) >= 11 is 7.55. The van der Waals surface area contributed by atoms with E-state index in [1.165, 1.54) is 44.2 Å². The van der Waals surface area contributed by atoms with E-state index in [2.05, 4.69) is 10.6 Å². The van der Waals surface area contributed by atoms with Crippen LogP contribution in [0.15, 0.2) is 65.6 Å². The summed E-state index contributed by atoms with van der Waals surface area (Å²) in [4.78, 5) is 26.2. The van der Waals surface area contributed by atoms with E-state index in [0.717, 1.165) is 4.90 Å². The number of amides is 2. The van der Waals surface area contributed by atoms with Gasteiger partial charge in [0.25, 0.3) is 5.91 Å². The van der Waals surface area contributed by atoms with E-state index in [-0.39, 0.29) is 11.5 Å². The monoisotopic (exact) mass is 502 g/mol. The van der Waals surface area contributed by atoms with E-state index < -0.39 is 17.0 Å². The third kappa shape index (κ3) is 6.21. The Hall–Kier alpha value is -3.23. The largest absolute Gasteiger partial charge is 0.495 e. The van der Waals surface area contributed by atoms with E-state index in [1.807, 2.05) is 13.0 Å². The Morgan fingerprint density at radius 3 is 2.41 bits per heavy atom. The topological polar surface area (TPSA) is 76.7 Å². The number of carbonyl (C=O) groups excluding carboxylic acids is 2. The van der Waals surface area contributed by atoms with Crippen LogP contribution in [0, 0.1) is 5.82 Å². The zero-order valence-corrected chi connectivity index (χ0v) is 20.4.